The van der Waals surface area contributed by atoms with E-state index < -0.39 is 0 Å². The monoisotopic (exact) mass is 285 g/mol. The highest BCUT2D eigenvalue weighted by Gasteiger charge is 2.10. The van der Waals surface area contributed by atoms with Gasteiger partial charge >= 0.3 is 0 Å². The van der Waals surface area contributed by atoms with Crippen molar-refractivity contribution in [3.8, 4) is 11.5 Å². The van der Waals surface area contributed by atoms with Gasteiger partial charge in [-0.1, -0.05) is 0 Å². The number of nitrogens with one attached hydrogen (secondary N) is 1. The number of oxazole rings is 1. The van der Waals surface area contributed by atoms with E-state index in [2.05, 4.69) is 10.3 Å². The van der Waals surface area contributed by atoms with Gasteiger partial charge in [-0.25, -0.2) is 0 Å². The molecule has 0 atom stereocenters. The Bertz CT molecular complexity index is 783. The van der Waals surface area contributed by atoms with Crippen LogP contribution in [0.3, 0.4) is 0 Å². The molecule has 3 aromatic rings. The van der Waals surface area contributed by atoms with Gasteiger partial charge in [0.15, 0.2) is 5.58 Å². The Kier molecular flexibility index (Phi) is 3.27. The Balaban J connectivity index is 1.94. The van der Waals surface area contributed by atoms with Gasteiger partial charge in [-0.15, -0.1) is 0 Å². The number of fused-ring (bicyclic) bond motifs is 1. The van der Waals surface area contributed by atoms with E-state index in [0.717, 1.165) is 11.4 Å². The highest BCUT2D eigenvalue weighted by atomic mass is 16.5. The van der Waals surface area contributed by atoms with Crippen molar-refractivity contribution in [3.05, 3.63) is 36.4 Å². The summed E-state index contributed by atoms with van der Waals surface area (Å²) in [5.74, 6) is 1.35. The van der Waals surface area contributed by atoms with E-state index in [4.69, 9.17) is 19.6 Å². The maximum absolute atomic E-state index is 5.73. The van der Waals surface area contributed by atoms with Crippen molar-refractivity contribution in [2.24, 2.45) is 0 Å². The van der Waals surface area contributed by atoms with E-state index in [1.165, 1.54) is 0 Å². The summed E-state index contributed by atoms with van der Waals surface area (Å²) in [5, 5.41) is 3.08. The van der Waals surface area contributed by atoms with E-state index >= 15 is 0 Å². The highest BCUT2D eigenvalue weighted by molar-refractivity contribution is 5.77. The summed E-state index contributed by atoms with van der Waals surface area (Å²) in [6, 6.07) is 11.1. The van der Waals surface area contributed by atoms with Crippen LogP contribution in [-0.2, 0) is 0 Å². The molecule has 3 rings (SSSR count). The first-order chi connectivity index (χ1) is 10.2. The topological polar surface area (TPSA) is 82.5 Å². The second-order valence-electron chi connectivity index (χ2n) is 4.44. The van der Waals surface area contributed by atoms with Crippen LogP contribution in [0.2, 0.25) is 0 Å². The highest BCUT2D eigenvalue weighted by Crippen LogP contribution is 2.31. The van der Waals surface area contributed by atoms with Crippen LogP contribution >= 0.6 is 0 Å². The molecular formula is C15H15N3O3. The molecule has 0 unspecified atom stereocenters. The lowest BCUT2D eigenvalue weighted by Crippen LogP contribution is -1.96. The molecule has 3 N–H and O–H groups in total. The number of nitrogens with two attached hydrogens (primary N) is 1. The molecule has 0 spiro atoms. The first-order valence-corrected chi connectivity index (χ1v) is 6.34. The summed E-state index contributed by atoms with van der Waals surface area (Å²) in [6.07, 6.45) is 0. The first kappa shape index (κ1) is 13.1. The zero-order chi connectivity index (χ0) is 14.8. The van der Waals surface area contributed by atoms with Crippen LogP contribution in [0.1, 0.15) is 0 Å². The lowest BCUT2D eigenvalue weighted by molar-refractivity contribution is 0.415. The van der Waals surface area contributed by atoms with Gasteiger partial charge in [0, 0.05) is 17.8 Å². The third kappa shape index (κ3) is 2.55. The largest absolute Gasteiger partial charge is 0.497 e. The minimum Gasteiger partial charge on any atom is -0.497 e. The molecule has 21 heavy (non-hydrogen) atoms. The molecule has 108 valence electrons. The Morgan fingerprint density at radius 1 is 1.10 bits per heavy atom. The lowest BCUT2D eigenvalue weighted by atomic mass is 10.2. The number of methoxy groups -OCH3 is 2. The smallest absolute Gasteiger partial charge is 0.300 e. The summed E-state index contributed by atoms with van der Waals surface area (Å²) in [6.45, 7) is 0. The Hall–Kier alpha value is -2.89. The van der Waals surface area contributed by atoms with Gasteiger partial charge in [-0.2, -0.15) is 4.98 Å². The van der Waals surface area contributed by atoms with Crippen LogP contribution in [-0.4, -0.2) is 19.2 Å². The molecule has 6 heteroatoms. The number of rotatable bonds is 4. The Morgan fingerprint density at radius 2 is 1.95 bits per heavy atom. The zero-order valence-corrected chi connectivity index (χ0v) is 11.7. The Morgan fingerprint density at radius 3 is 2.71 bits per heavy atom. The minimum absolute atomic E-state index is 0.376. The summed E-state index contributed by atoms with van der Waals surface area (Å²) in [4.78, 5) is 4.37. The molecule has 0 aliphatic heterocycles. The standard InChI is InChI=1S/C15H15N3O3/c1-19-10-4-6-13-12(8-10)18-15(21-13)17-11-5-3-9(16)7-14(11)20-2/h3-8H,16H2,1-2H3,(H,17,18). The van der Waals surface area contributed by atoms with E-state index in [9.17, 15) is 0 Å². The SMILES string of the molecule is COc1ccc2oc(Nc3ccc(N)cc3OC)nc2c1. The fourth-order valence-corrected chi connectivity index (χ4v) is 2.01. The van der Waals surface area contributed by atoms with Gasteiger partial charge < -0.3 is 24.9 Å². The van der Waals surface area contributed by atoms with Gasteiger partial charge in [-0.05, 0) is 24.3 Å². The van der Waals surface area contributed by atoms with Crippen molar-refractivity contribution in [1.82, 2.24) is 4.98 Å². The second kappa shape index (κ2) is 5.24. The van der Waals surface area contributed by atoms with Crippen LogP contribution < -0.4 is 20.5 Å². The molecule has 6 nitrogen and oxygen atoms in total. The van der Waals surface area contributed by atoms with Crippen LogP contribution in [0.4, 0.5) is 17.4 Å². The number of hydrogen-bond donors (Lipinski definition) is 2. The maximum Gasteiger partial charge on any atom is 0.300 e. The average molecular weight is 285 g/mol. The first-order valence-electron chi connectivity index (χ1n) is 6.34. The van der Waals surface area contributed by atoms with Crippen molar-refractivity contribution in [2.75, 3.05) is 25.3 Å². The predicted octanol–water partition coefficient (Wildman–Crippen LogP) is 3.17. The molecule has 2 aromatic carbocycles. The molecule has 0 aliphatic carbocycles. The van der Waals surface area contributed by atoms with Crippen molar-refractivity contribution < 1.29 is 13.9 Å². The fraction of sp³-hybridized carbons (Fsp3) is 0.133. The summed E-state index contributed by atoms with van der Waals surface area (Å²) in [5.41, 5.74) is 8.47. The third-order valence-corrected chi connectivity index (χ3v) is 3.06. The van der Waals surface area contributed by atoms with Gasteiger partial charge in [0.2, 0.25) is 0 Å². The molecule has 1 aromatic heterocycles. The van der Waals surface area contributed by atoms with E-state index in [-0.39, 0.29) is 0 Å². The lowest BCUT2D eigenvalue weighted by Gasteiger charge is -2.08. The second-order valence-corrected chi connectivity index (χ2v) is 4.44. The molecule has 0 radical (unpaired) electrons. The van der Waals surface area contributed by atoms with E-state index in [0.29, 0.717) is 28.6 Å². The predicted molar refractivity (Wildman–Crippen MR) is 81.3 cm³/mol. The number of ether oxygens (including phenoxy) is 2. The number of nitrogen functional groups attached to an aromatic ring is 1. The molecule has 0 bridgehead atoms. The van der Waals surface area contributed by atoms with Crippen LogP contribution in [0.25, 0.3) is 11.1 Å². The van der Waals surface area contributed by atoms with Crippen LogP contribution in [0.15, 0.2) is 40.8 Å². The molecule has 0 saturated carbocycles. The molecule has 0 aliphatic rings. The number of hydrogen-bond acceptors (Lipinski definition) is 6. The molecular weight excluding hydrogens is 270 g/mol. The quantitative estimate of drug-likeness (QED) is 0.716. The van der Waals surface area contributed by atoms with Crippen LogP contribution in [0, 0.1) is 0 Å². The summed E-state index contributed by atoms with van der Waals surface area (Å²) >= 11 is 0. The van der Waals surface area contributed by atoms with Crippen molar-refractivity contribution >= 4 is 28.5 Å². The molecule has 0 amide bonds. The van der Waals surface area contributed by atoms with Gasteiger partial charge in [0.05, 0.1) is 19.9 Å². The average Bonchev–Trinajstić information content (AvgIpc) is 2.90. The van der Waals surface area contributed by atoms with Crippen molar-refractivity contribution in [3.63, 3.8) is 0 Å². The maximum atomic E-state index is 5.73. The van der Waals surface area contributed by atoms with E-state index in [1.54, 1.807) is 26.4 Å². The zero-order valence-electron chi connectivity index (χ0n) is 11.7. The number of nitrogens with zero attached hydrogens (tertiary/aromatic N) is 1. The minimum atomic E-state index is 0.376. The molecule has 0 fully saturated rings. The van der Waals surface area contributed by atoms with Gasteiger partial charge in [0.25, 0.3) is 6.01 Å². The number of benzene rings is 2. The molecule has 0 saturated heterocycles. The molecule has 1 heterocycles. The third-order valence-electron chi connectivity index (χ3n) is 3.06. The Labute approximate surface area is 121 Å². The number of anilines is 3. The fourth-order valence-electron chi connectivity index (χ4n) is 2.01. The van der Waals surface area contributed by atoms with E-state index in [1.807, 2.05) is 24.3 Å². The summed E-state index contributed by atoms with van der Waals surface area (Å²) in [7, 11) is 3.19. The van der Waals surface area contributed by atoms with Gasteiger partial charge in [0.1, 0.15) is 17.0 Å². The van der Waals surface area contributed by atoms with Crippen LogP contribution in [0.5, 0.6) is 11.5 Å². The normalized spacial score (nSPS) is 10.6. The van der Waals surface area contributed by atoms with Gasteiger partial charge in [-0.3, -0.25) is 0 Å². The van der Waals surface area contributed by atoms with Crippen molar-refractivity contribution in [2.45, 2.75) is 0 Å². The number of aromatic nitrogens is 1. The van der Waals surface area contributed by atoms with Crippen molar-refractivity contribution in [1.29, 1.82) is 0 Å². The summed E-state index contributed by atoms with van der Waals surface area (Å²) < 4.78 is 16.1.